The highest BCUT2D eigenvalue weighted by Crippen LogP contribution is 2.33. The normalized spacial score (nSPS) is 14.9. The number of hydrogen-bond acceptors (Lipinski definition) is 2. The molecule has 1 aliphatic rings. The molecule has 1 aliphatic carbocycles. The molecule has 0 bridgehead atoms. The van der Waals surface area contributed by atoms with Crippen molar-refractivity contribution in [2.45, 2.75) is 12.8 Å². The Labute approximate surface area is 95.1 Å². The van der Waals surface area contributed by atoms with E-state index >= 15 is 0 Å². The molecule has 1 unspecified atom stereocenters. The molecule has 2 aromatic rings. The number of aryl methyl sites for hydroxylation is 2. The molecule has 0 spiro atoms. The third kappa shape index (κ3) is 1.60. The Morgan fingerprint density at radius 3 is 3.00 bits per heavy atom. The van der Waals surface area contributed by atoms with E-state index in [1.54, 1.807) is 0 Å². The topological polar surface area (TPSA) is 26.3 Å². The molecule has 0 aliphatic heterocycles. The third-order valence-electron chi connectivity index (χ3n) is 2.77. The lowest BCUT2D eigenvalue weighted by Crippen LogP contribution is -1.91. The van der Waals surface area contributed by atoms with E-state index in [-0.39, 0.29) is 0 Å². The molecule has 2 nitrogen and oxygen atoms in total. The Morgan fingerprint density at radius 2 is 2.06 bits per heavy atom. The largest absolute Gasteiger partial charge is 0.424 e. The van der Waals surface area contributed by atoms with Crippen LogP contribution in [0.5, 0.6) is 0 Å². The van der Waals surface area contributed by atoms with E-state index in [0.717, 1.165) is 29.6 Å². The third-order valence-corrected chi connectivity index (χ3v) is 3.70. The first kappa shape index (κ1) is 9.80. The first-order valence-electron chi connectivity index (χ1n) is 5.43. The van der Waals surface area contributed by atoms with Crippen molar-refractivity contribution >= 4 is 25.1 Å². The van der Waals surface area contributed by atoms with Crippen LogP contribution in [-0.4, -0.2) is 0 Å². The molecular formula is C13H13O2P. The van der Waals surface area contributed by atoms with Crippen molar-refractivity contribution in [3.8, 4) is 0 Å². The lowest BCUT2D eigenvalue weighted by Gasteiger charge is -2.05. The van der Waals surface area contributed by atoms with Gasteiger partial charge in [0.1, 0.15) is 11.3 Å². The Morgan fingerprint density at radius 1 is 1.19 bits per heavy atom. The van der Waals surface area contributed by atoms with Gasteiger partial charge in [-0.2, -0.15) is 0 Å². The van der Waals surface area contributed by atoms with Gasteiger partial charge >= 0.3 is 0 Å². The zero-order chi connectivity index (χ0) is 11.0. The van der Waals surface area contributed by atoms with Gasteiger partial charge in [0.05, 0.1) is 0 Å². The van der Waals surface area contributed by atoms with Crippen LogP contribution in [-0.2, 0) is 13.1 Å². The summed E-state index contributed by atoms with van der Waals surface area (Å²) < 4.78 is 11.7. The summed E-state index contributed by atoms with van der Waals surface area (Å²) in [6.45, 7) is 2.00. The van der Waals surface area contributed by atoms with E-state index in [4.69, 9.17) is 8.39 Å². The van der Waals surface area contributed by atoms with Crippen molar-refractivity contribution in [1.29, 1.82) is 0 Å². The van der Waals surface area contributed by atoms with Crippen molar-refractivity contribution < 1.29 is 8.39 Å². The molecule has 0 saturated carbocycles. The molecule has 3 rings (SSSR count). The molecule has 1 aromatic carbocycles. The SMILES string of the molecule is Cp1oc2c(c3ccccc3o1)C=CCC2. The molecule has 1 heterocycles. The van der Waals surface area contributed by atoms with E-state index in [1.807, 2.05) is 24.9 Å². The smallest absolute Gasteiger partial charge is 0.212 e. The van der Waals surface area contributed by atoms with Gasteiger partial charge in [0.25, 0.3) is 0 Å². The van der Waals surface area contributed by atoms with Gasteiger partial charge in [-0.25, -0.2) is 0 Å². The number of benzene rings is 1. The Balaban J connectivity index is 2.50. The van der Waals surface area contributed by atoms with Gasteiger partial charge in [-0.3, -0.25) is 0 Å². The van der Waals surface area contributed by atoms with Crippen LogP contribution in [0, 0.1) is 0 Å². The van der Waals surface area contributed by atoms with Crippen LogP contribution in [0.2, 0.25) is 0 Å². The molecule has 0 fully saturated rings. The molecule has 0 N–H and O–H groups in total. The highest BCUT2D eigenvalue weighted by Gasteiger charge is 2.10. The van der Waals surface area contributed by atoms with Crippen molar-refractivity contribution in [3.05, 3.63) is 41.7 Å². The van der Waals surface area contributed by atoms with Crippen molar-refractivity contribution in [3.63, 3.8) is 0 Å². The average molecular weight is 232 g/mol. The minimum atomic E-state index is -0.840. The van der Waals surface area contributed by atoms with Crippen molar-refractivity contribution in [1.82, 2.24) is 0 Å². The van der Waals surface area contributed by atoms with Crippen LogP contribution < -0.4 is 0 Å². The minimum absolute atomic E-state index is 0.840. The fourth-order valence-electron chi connectivity index (χ4n) is 2.06. The maximum absolute atomic E-state index is 5.87. The summed E-state index contributed by atoms with van der Waals surface area (Å²) in [5.74, 6) is 1.08. The maximum Gasteiger partial charge on any atom is 0.212 e. The van der Waals surface area contributed by atoms with Gasteiger partial charge in [0.2, 0.25) is 8.01 Å². The van der Waals surface area contributed by atoms with Gasteiger partial charge in [-0.1, -0.05) is 30.4 Å². The fraction of sp³-hybridized carbons (Fsp3) is 0.231. The van der Waals surface area contributed by atoms with E-state index < -0.39 is 8.01 Å². The van der Waals surface area contributed by atoms with Gasteiger partial charge in [0.15, 0.2) is 0 Å². The van der Waals surface area contributed by atoms with Gasteiger partial charge in [-0.15, -0.1) is 0 Å². The van der Waals surface area contributed by atoms with E-state index in [2.05, 4.69) is 18.2 Å². The summed E-state index contributed by atoms with van der Waals surface area (Å²) in [5.41, 5.74) is 2.13. The first-order chi connectivity index (χ1) is 7.84. The fourth-order valence-corrected chi connectivity index (χ4v) is 3.03. The molecule has 0 amide bonds. The summed E-state index contributed by atoms with van der Waals surface area (Å²) >= 11 is 0. The average Bonchev–Trinajstić information content (AvgIpc) is 2.44. The summed E-state index contributed by atoms with van der Waals surface area (Å²) in [6, 6.07) is 8.15. The molecular weight excluding hydrogens is 219 g/mol. The molecule has 1 atom stereocenters. The molecule has 0 radical (unpaired) electrons. The Bertz CT molecular complexity index is 597. The Kier molecular flexibility index (Phi) is 2.37. The second-order valence-corrected chi connectivity index (χ2v) is 5.14. The van der Waals surface area contributed by atoms with Crippen LogP contribution in [0.3, 0.4) is 0 Å². The molecule has 16 heavy (non-hydrogen) atoms. The summed E-state index contributed by atoms with van der Waals surface area (Å²) in [7, 11) is -0.840. The van der Waals surface area contributed by atoms with Crippen LogP contribution >= 0.6 is 8.01 Å². The maximum atomic E-state index is 5.87. The number of rotatable bonds is 0. The van der Waals surface area contributed by atoms with Crippen LogP contribution in [0.4, 0.5) is 0 Å². The molecule has 3 heteroatoms. The number of para-hydroxylation sites is 1. The van der Waals surface area contributed by atoms with E-state index in [1.165, 1.54) is 5.56 Å². The second-order valence-electron chi connectivity index (χ2n) is 3.90. The Hall–Kier alpha value is -1.40. The zero-order valence-electron chi connectivity index (χ0n) is 9.14. The predicted molar refractivity (Wildman–Crippen MR) is 67.2 cm³/mol. The van der Waals surface area contributed by atoms with Gasteiger partial charge < -0.3 is 8.39 Å². The summed E-state index contributed by atoms with van der Waals surface area (Å²) in [5, 5.41) is 1.15. The van der Waals surface area contributed by atoms with E-state index in [0.29, 0.717) is 0 Å². The first-order valence-corrected chi connectivity index (χ1v) is 7.06. The molecule has 1 aromatic heterocycles. The minimum Gasteiger partial charge on any atom is -0.424 e. The summed E-state index contributed by atoms with van der Waals surface area (Å²) in [4.78, 5) is 0. The molecule has 0 saturated heterocycles. The zero-order valence-corrected chi connectivity index (χ0v) is 10.0. The van der Waals surface area contributed by atoms with Crippen LogP contribution in [0.15, 0.2) is 38.7 Å². The number of fused-ring (bicyclic) bond motifs is 3. The lowest BCUT2D eigenvalue weighted by atomic mass is 10.0. The van der Waals surface area contributed by atoms with Gasteiger partial charge in [0, 0.05) is 24.0 Å². The number of allylic oxidation sites excluding steroid dienone is 1. The van der Waals surface area contributed by atoms with Crippen LogP contribution in [0.1, 0.15) is 17.7 Å². The predicted octanol–water partition coefficient (Wildman–Crippen LogP) is 4.63. The number of hydrogen-bond donors (Lipinski definition) is 0. The highest BCUT2D eigenvalue weighted by molar-refractivity contribution is 7.34. The monoisotopic (exact) mass is 232 g/mol. The molecule has 82 valence electrons. The highest BCUT2D eigenvalue weighted by atomic mass is 31.1. The van der Waals surface area contributed by atoms with E-state index in [9.17, 15) is 0 Å². The van der Waals surface area contributed by atoms with Crippen molar-refractivity contribution in [2.24, 2.45) is 6.66 Å². The quantitative estimate of drug-likeness (QED) is 0.661. The van der Waals surface area contributed by atoms with Crippen molar-refractivity contribution in [2.75, 3.05) is 0 Å². The van der Waals surface area contributed by atoms with Gasteiger partial charge in [-0.05, 0) is 12.5 Å². The lowest BCUT2D eigenvalue weighted by molar-refractivity contribution is 0.558. The summed E-state index contributed by atoms with van der Waals surface area (Å²) in [6.07, 6.45) is 6.39. The standard InChI is InChI=1S/C13H13O2P/c1-16-14-12-8-4-2-6-10(12)11-7-3-5-9-13(11)15-16/h2-4,6-8H,5,9H2,1H3. The van der Waals surface area contributed by atoms with Crippen LogP contribution in [0.25, 0.3) is 17.0 Å². The second kappa shape index (κ2) is 3.88.